The molecule has 2 atom stereocenters. The van der Waals surface area contributed by atoms with Gasteiger partial charge in [0.1, 0.15) is 0 Å². The van der Waals surface area contributed by atoms with Gasteiger partial charge in [0.25, 0.3) is 5.60 Å². The average Bonchev–Trinajstić information content (AvgIpc) is 2.46. The van der Waals surface area contributed by atoms with Crippen LogP contribution in [0.5, 0.6) is 0 Å². The third kappa shape index (κ3) is 2.60. The molecular weight excluding hydrogens is 337 g/mol. The maximum absolute atomic E-state index is 13.3. The van der Waals surface area contributed by atoms with Crippen molar-refractivity contribution in [1.29, 1.82) is 0 Å². The van der Waals surface area contributed by atoms with E-state index in [1.165, 1.54) is 0 Å². The minimum atomic E-state index is -5.85. The smallest absolute Gasteiger partial charge is 0.427 e. The Balaban J connectivity index is 3.54. The van der Waals surface area contributed by atoms with Crippen LogP contribution in [0.1, 0.15) is 27.7 Å². The van der Waals surface area contributed by atoms with Crippen LogP contribution in [-0.2, 0) is 14.3 Å². The third-order valence-corrected chi connectivity index (χ3v) is 4.45. The fraction of sp³-hybridized carbons (Fsp3) is 0.769. The predicted molar refractivity (Wildman–Crippen MR) is 63.6 cm³/mol. The minimum absolute atomic E-state index is 0.696. The summed E-state index contributed by atoms with van der Waals surface area (Å²) in [7, 11) is 0. The van der Waals surface area contributed by atoms with Crippen molar-refractivity contribution in [2.24, 2.45) is 11.3 Å². The molecule has 0 amide bonds. The van der Waals surface area contributed by atoms with Crippen LogP contribution < -0.4 is 0 Å². The summed E-state index contributed by atoms with van der Waals surface area (Å²) in [6, 6.07) is 0. The largest absolute Gasteiger partial charge is 0.428 e. The molecule has 0 spiro atoms. The summed E-state index contributed by atoms with van der Waals surface area (Å²) in [6.45, 7) is 5.69. The van der Waals surface area contributed by atoms with E-state index in [-0.39, 0.29) is 0 Å². The van der Waals surface area contributed by atoms with Crippen molar-refractivity contribution < 1.29 is 45.0 Å². The molecule has 0 aromatic heterocycles. The van der Waals surface area contributed by atoms with Gasteiger partial charge in [-0.05, 0) is 0 Å². The zero-order chi connectivity index (χ0) is 18.6. The van der Waals surface area contributed by atoms with Gasteiger partial charge in [-0.15, -0.1) is 0 Å². The molecule has 0 aromatic carbocycles. The van der Waals surface area contributed by atoms with Crippen LogP contribution in [0.2, 0.25) is 0 Å². The van der Waals surface area contributed by atoms with Crippen LogP contribution in [-0.4, -0.2) is 29.7 Å². The molecule has 2 unspecified atom stereocenters. The molecule has 0 N–H and O–H groups in total. The summed E-state index contributed by atoms with van der Waals surface area (Å²) in [4.78, 5) is 11.2. The lowest BCUT2D eigenvalue weighted by molar-refractivity contribution is -0.416. The van der Waals surface area contributed by atoms with E-state index in [2.05, 4.69) is 16.1 Å². The summed E-state index contributed by atoms with van der Waals surface area (Å²) in [5.41, 5.74) is -7.14. The van der Waals surface area contributed by atoms with Gasteiger partial charge in [-0.3, -0.25) is 0 Å². The minimum Gasteiger partial charge on any atom is -0.428 e. The van der Waals surface area contributed by atoms with E-state index in [1.807, 2.05) is 0 Å². The van der Waals surface area contributed by atoms with E-state index in [9.17, 15) is 35.5 Å². The Morgan fingerprint density at radius 3 is 1.74 bits per heavy atom. The number of carbonyl (C=O) groups excluding carboxylic acids is 1. The Kier molecular flexibility index (Phi) is 4.36. The fourth-order valence-corrected chi connectivity index (χ4v) is 2.84. The molecule has 134 valence electrons. The van der Waals surface area contributed by atoms with Crippen molar-refractivity contribution in [2.75, 3.05) is 0 Å². The number of esters is 1. The highest BCUT2D eigenvalue weighted by Gasteiger charge is 2.86. The van der Waals surface area contributed by atoms with Gasteiger partial charge in [-0.2, -0.15) is 30.7 Å². The molecule has 0 saturated carbocycles. The fourth-order valence-electron chi connectivity index (χ4n) is 2.84. The molecule has 1 rings (SSSR count). The van der Waals surface area contributed by atoms with Crippen molar-refractivity contribution in [3.8, 4) is 0 Å². The van der Waals surface area contributed by atoms with Crippen LogP contribution in [0.4, 0.5) is 30.7 Å². The van der Waals surface area contributed by atoms with Gasteiger partial charge in [0.2, 0.25) is 11.6 Å². The van der Waals surface area contributed by atoms with Crippen LogP contribution >= 0.6 is 0 Å². The molecule has 0 radical (unpaired) electrons. The van der Waals surface area contributed by atoms with Crippen molar-refractivity contribution >= 4 is 5.97 Å². The molecule has 0 aromatic rings. The molecule has 1 heterocycles. The summed E-state index contributed by atoms with van der Waals surface area (Å²) in [5.74, 6) is -7.69. The highest BCUT2D eigenvalue weighted by molar-refractivity contribution is 5.85. The maximum atomic E-state index is 13.3. The van der Waals surface area contributed by atoms with Crippen LogP contribution in [0.3, 0.4) is 0 Å². The highest BCUT2D eigenvalue weighted by atomic mass is 19.4. The summed E-state index contributed by atoms with van der Waals surface area (Å²) < 4.78 is 102. The molecule has 1 saturated heterocycles. The Morgan fingerprint density at radius 2 is 1.48 bits per heavy atom. The number of ether oxygens (including phenoxy) is 2. The Bertz CT molecular complexity index is 507. The van der Waals surface area contributed by atoms with Crippen LogP contribution in [0, 0.1) is 11.3 Å². The van der Waals surface area contributed by atoms with E-state index < -0.39 is 46.9 Å². The first-order valence-corrected chi connectivity index (χ1v) is 6.35. The number of hydrogen-bond acceptors (Lipinski definition) is 3. The van der Waals surface area contributed by atoms with Crippen molar-refractivity contribution in [2.45, 2.75) is 51.4 Å². The second-order valence-corrected chi connectivity index (χ2v) is 6.03. The lowest BCUT2D eigenvalue weighted by Gasteiger charge is -2.42. The first-order valence-electron chi connectivity index (χ1n) is 6.35. The quantitative estimate of drug-likeness (QED) is 0.423. The Labute approximate surface area is 127 Å². The first kappa shape index (κ1) is 19.7. The maximum Gasteiger partial charge on any atom is 0.427 e. The van der Waals surface area contributed by atoms with Gasteiger partial charge in [0.05, 0.1) is 0 Å². The summed E-state index contributed by atoms with van der Waals surface area (Å²) >= 11 is 0. The molecule has 1 aliphatic heterocycles. The summed E-state index contributed by atoms with van der Waals surface area (Å²) in [5, 5.41) is 0. The molecule has 23 heavy (non-hydrogen) atoms. The molecule has 3 nitrogen and oxygen atoms in total. The molecule has 10 heteroatoms. The van der Waals surface area contributed by atoms with Gasteiger partial charge in [0.15, 0.2) is 0 Å². The van der Waals surface area contributed by atoms with Crippen LogP contribution in [0.25, 0.3) is 0 Å². The van der Waals surface area contributed by atoms with Crippen molar-refractivity contribution in [1.82, 2.24) is 0 Å². The second kappa shape index (κ2) is 5.09. The summed E-state index contributed by atoms with van der Waals surface area (Å²) in [6.07, 6.45) is -11.7. The zero-order valence-corrected chi connectivity index (χ0v) is 12.7. The number of rotatable bonds is 2. The third-order valence-electron chi connectivity index (χ3n) is 4.45. The average molecular weight is 352 g/mol. The predicted octanol–water partition coefficient (Wildman–Crippen LogP) is 4.28. The molecular formula is C13H15F7O3. The Hall–Kier alpha value is -1.32. The van der Waals surface area contributed by atoms with Gasteiger partial charge < -0.3 is 9.47 Å². The van der Waals surface area contributed by atoms with Gasteiger partial charge >= 0.3 is 18.3 Å². The van der Waals surface area contributed by atoms with E-state index in [0.29, 0.717) is 13.8 Å². The van der Waals surface area contributed by atoms with Gasteiger partial charge in [-0.25, -0.2) is 4.79 Å². The van der Waals surface area contributed by atoms with E-state index >= 15 is 0 Å². The molecule has 1 fully saturated rings. The topological polar surface area (TPSA) is 35.5 Å². The lowest BCUT2D eigenvalue weighted by atomic mass is 9.66. The molecule has 1 aliphatic rings. The highest BCUT2D eigenvalue weighted by Crippen LogP contribution is 2.66. The van der Waals surface area contributed by atoms with Gasteiger partial charge in [0, 0.05) is 18.3 Å². The number of alkyl halides is 6. The number of carbonyl (C=O) groups is 1. The molecule has 0 aliphatic carbocycles. The monoisotopic (exact) mass is 352 g/mol. The normalized spacial score (nSPS) is 30.1. The SMILES string of the molecule is C=C(F)C(=O)OC1(C)OC(C(F)(F)F)(C(F)(F)F)C(C)(C)C1C. The Morgan fingerprint density at radius 1 is 1.09 bits per heavy atom. The lowest BCUT2D eigenvalue weighted by Crippen LogP contribution is -2.64. The molecule has 0 bridgehead atoms. The zero-order valence-electron chi connectivity index (χ0n) is 12.7. The van der Waals surface area contributed by atoms with Crippen molar-refractivity contribution in [3.05, 3.63) is 12.4 Å². The van der Waals surface area contributed by atoms with Gasteiger partial charge in [-0.1, -0.05) is 27.4 Å². The number of hydrogen-bond donors (Lipinski definition) is 0. The standard InChI is InChI=1S/C13H15F7O3/c1-6(14)8(21)22-10(5)7(2)9(3,4)11(23-10,12(15,16)17)13(18,19)20/h7H,1H2,2-5H3. The van der Waals surface area contributed by atoms with E-state index in [0.717, 1.165) is 13.8 Å². The van der Waals surface area contributed by atoms with Crippen LogP contribution in [0.15, 0.2) is 12.4 Å². The van der Waals surface area contributed by atoms with E-state index in [1.54, 1.807) is 0 Å². The second-order valence-electron chi connectivity index (χ2n) is 6.03. The van der Waals surface area contributed by atoms with E-state index in [4.69, 9.17) is 0 Å². The number of halogens is 7. The first-order chi connectivity index (χ1) is 9.94. The van der Waals surface area contributed by atoms with Crippen molar-refractivity contribution in [3.63, 3.8) is 0 Å².